The summed E-state index contributed by atoms with van der Waals surface area (Å²) >= 11 is 12.1. The van der Waals surface area contributed by atoms with Gasteiger partial charge in [-0.25, -0.2) is 13.1 Å². The van der Waals surface area contributed by atoms with Gasteiger partial charge in [0.15, 0.2) is 0 Å². The summed E-state index contributed by atoms with van der Waals surface area (Å²) in [4.78, 5) is 12.3. The Balaban J connectivity index is 2.04. The predicted molar refractivity (Wildman–Crippen MR) is 107 cm³/mol. The molecule has 0 bridgehead atoms. The molecule has 0 aliphatic heterocycles. The number of carbonyl (C=O) groups excluding carboxylic acids is 1. The van der Waals surface area contributed by atoms with Crippen LogP contribution in [0.4, 0.5) is 5.69 Å². The molecule has 146 valence electrons. The average Bonchev–Trinajstić information content (AvgIpc) is 2.58. The molecule has 0 spiro atoms. The number of sulfonamides is 1. The zero-order valence-corrected chi connectivity index (χ0v) is 17.2. The number of methoxy groups -OCH3 is 1. The summed E-state index contributed by atoms with van der Waals surface area (Å²) in [7, 11) is -2.17. The third kappa shape index (κ3) is 6.19. The van der Waals surface area contributed by atoms with E-state index in [1.165, 1.54) is 31.4 Å². The molecule has 2 aromatic carbocycles. The molecule has 0 fully saturated rings. The molecule has 2 rings (SSSR count). The van der Waals surface area contributed by atoms with Gasteiger partial charge in [-0.2, -0.15) is 0 Å². The Morgan fingerprint density at radius 3 is 2.26 bits per heavy atom. The first-order valence-electron chi connectivity index (χ1n) is 8.07. The monoisotopic (exact) mass is 430 g/mol. The van der Waals surface area contributed by atoms with E-state index in [4.69, 9.17) is 27.9 Å². The summed E-state index contributed by atoms with van der Waals surface area (Å²) in [6.07, 6.45) is 0.00858. The first-order valence-corrected chi connectivity index (χ1v) is 10.3. The van der Waals surface area contributed by atoms with Crippen LogP contribution in [-0.4, -0.2) is 34.1 Å². The van der Waals surface area contributed by atoms with Gasteiger partial charge in [-0.15, -0.1) is 0 Å². The normalized spacial score (nSPS) is 12.6. The van der Waals surface area contributed by atoms with Crippen molar-refractivity contribution < 1.29 is 17.9 Å². The van der Waals surface area contributed by atoms with Gasteiger partial charge in [-0.05, 0) is 48.9 Å². The quantitative estimate of drug-likeness (QED) is 0.670. The lowest BCUT2D eigenvalue weighted by Crippen LogP contribution is -2.35. The number of nitrogens with one attached hydrogen (secondary N) is 2. The second-order valence-corrected chi connectivity index (χ2v) is 8.46. The molecule has 27 heavy (non-hydrogen) atoms. The molecule has 0 heterocycles. The minimum Gasteiger partial charge on any atom is -0.383 e. The van der Waals surface area contributed by atoms with E-state index < -0.39 is 10.0 Å². The molecule has 0 saturated carbocycles. The van der Waals surface area contributed by atoms with Crippen molar-refractivity contribution in [3.05, 3.63) is 58.1 Å². The van der Waals surface area contributed by atoms with Crippen molar-refractivity contribution in [1.29, 1.82) is 0 Å². The van der Waals surface area contributed by atoms with Crippen molar-refractivity contribution in [2.24, 2.45) is 0 Å². The van der Waals surface area contributed by atoms with Crippen molar-refractivity contribution >= 4 is 44.8 Å². The van der Waals surface area contributed by atoms with E-state index in [9.17, 15) is 13.2 Å². The standard InChI is InChI=1S/C18H20Cl2N2O4S/c1-12(11-26-2)22-27(24,25)14-8-6-13(7-9-14)21-18(23)10-15-16(19)4-3-5-17(15)20/h3-9,12,22H,10-11H2,1-2H3,(H,21,23). The van der Waals surface area contributed by atoms with Crippen LogP contribution in [0.1, 0.15) is 12.5 Å². The van der Waals surface area contributed by atoms with Crippen LogP contribution >= 0.6 is 23.2 Å². The van der Waals surface area contributed by atoms with Gasteiger partial charge in [0.2, 0.25) is 15.9 Å². The maximum Gasteiger partial charge on any atom is 0.240 e. The number of hydrogen-bond acceptors (Lipinski definition) is 4. The largest absolute Gasteiger partial charge is 0.383 e. The highest BCUT2D eigenvalue weighted by molar-refractivity contribution is 7.89. The summed E-state index contributed by atoms with van der Waals surface area (Å²) in [6, 6.07) is 10.5. The Bertz CT molecular complexity index is 882. The van der Waals surface area contributed by atoms with E-state index in [0.29, 0.717) is 21.3 Å². The van der Waals surface area contributed by atoms with Gasteiger partial charge in [-0.1, -0.05) is 29.3 Å². The predicted octanol–water partition coefficient (Wildman–Crippen LogP) is 3.49. The summed E-state index contributed by atoms with van der Waals surface area (Å²) in [6.45, 7) is 1.97. The number of hydrogen-bond donors (Lipinski definition) is 2. The van der Waals surface area contributed by atoms with Crippen LogP contribution in [0.2, 0.25) is 10.0 Å². The Kier molecular flexibility index (Phi) is 7.64. The number of amides is 1. The lowest BCUT2D eigenvalue weighted by molar-refractivity contribution is -0.115. The van der Waals surface area contributed by atoms with Gasteiger partial charge < -0.3 is 10.1 Å². The number of anilines is 1. The molecular weight excluding hydrogens is 411 g/mol. The Labute approximate surface area is 168 Å². The molecule has 0 aromatic heterocycles. The summed E-state index contributed by atoms with van der Waals surface area (Å²) in [5.74, 6) is -0.313. The first-order chi connectivity index (χ1) is 12.7. The summed E-state index contributed by atoms with van der Waals surface area (Å²) in [5.41, 5.74) is 1.00. The summed E-state index contributed by atoms with van der Waals surface area (Å²) in [5, 5.41) is 3.52. The lowest BCUT2D eigenvalue weighted by Gasteiger charge is -2.13. The first kappa shape index (κ1) is 21.7. The molecule has 0 aliphatic rings. The number of halogens is 2. The average molecular weight is 431 g/mol. The number of carbonyl (C=O) groups is 1. The second-order valence-electron chi connectivity index (χ2n) is 5.93. The number of benzene rings is 2. The highest BCUT2D eigenvalue weighted by atomic mass is 35.5. The molecule has 2 N–H and O–H groups in total. The van der Waals surface area contributed by atoms with E-state index >= 15 is 0 Å². The van der Waals surface area contributed by atoms with Crippen LogP contribution in [0, 0.1) is 0 Å². The van der Waals surface area contributed by atoms with Gasteiger partial charge in [0.25, 0.3) is 0 Å². The van der Waals surface area contributed by atoms with Gasteiger partial charge in [0.05, 0.1) is 17.9 Å². The minimum absolute atomic E-state index is 0.00858. The SMILES string of the molecule is COCC(C)NS(=O)(=O)c1ccc(NC(=O)Cc2c(Cl)cccc2Cl)cc1. The highest BCUT2D eigenvalue weighted by Gasteiger charge is 2.17. The van der Waals surface area contributed by atoms with Crippen molar-refractivity contribution in [2.75, 3.05) is 19.0 Å². The van der Waals surface area contributed by atoms with Crippen molar-refractivity contribution in [3.8, 4) is 0 Å². The molecule has 0 radical (unpaired) electrons. The van der Waals surface area contributed by atoms with Crippen molar-refractivity contribution in [1.82, 2.24) is 4.72 Å². The fourth-order valence-electron chi connectivity index (χ4n) is 2.40. The molecule has 9 heteroatoms. The zero-order valence-electron chi connectivity index (χ0n) is 14.8. The molecular formula is C18H20Cl2N2O4S. The summed E-state index contributed by atoms with van der Waals surface area (Å²) < 4.78 is 32.0. The maximum atomic E-state index is 12.3. The molecule has 1 unspecified atom stereocenters. The lowest BCUT2D eigenvalue weighted by atomic mass is 10.1. The second kappa shape index (κ2) is 9.52. The van der Waals surface area contributed by atoms with Crippen LogP contribution in [0.5, 0.6) is 0 Å². The molecule has 6 nitrogen and oxygen atoms in total. The molecule has 0 saturated heterocycles. The van der Waals surface area contributed by atoms with E-state index in [2.05, 4.69) is 10.0 Å². The number of rotatable bonds is 8. The van der Waals surface area contributed by atoms with Crippen LogP contribution in [-0.2, 0) is 26.0 Å². The zero-order chi connectivity index (χ0) is 20.0. The Morgan fingerprint density at radius 2 is 1.70 bits per heavy atom. The fraction of sp³-hybridized carbons (Fsp3) is 0.278. The molecule has 1 amide bonds. The van der Waals surface area contributed by atoms with Crippen LogP contribution < -0.4 is 10.0 Å². The molecule has 2 aromatic rings. The number of ether oxygens (including phenoxy) is 1. The molecule has 0 aliphatic carbocycles. The third-order valence-electron chi connectivity index (χ3n) is 3.62. The van der Waals surface area contributed by atoms with Crippen LogP contribution in [0.25, 0.3) is 0 Å². The van der Waals surface area contributed by atoms with E-state index in [-0.39, 0.29) is 29.9 Å². The third-order valence-corrected chi connectivity index (χ3v) is 5.93. The van der Waals surface area contributed by atoms with Gasteiger partial charge >= 0.3 is 0 Å². The van der Waals surface area contributed by atoms with Gasteiger partial charge in [-0.3, -0.25) is 4.79 Å². The molecule has 1 atom stereocenters. The van der Waals surface area contributed by atoms with Crippen molar-refractivity contribution in [3.63, 3.8) is 0 Å². The minimum atomic E-state index is -3.66. The highest BCUT2D eigenvalue weighted by Crippen LogP contribution is 2.25. The topological polar surface area (TPSA) is 84.5 Å². The Morgan fingerprint density at radius 1 is 1.11 bits per heavy atom. The maximum absolute atomic E-state index is 12.3. The van der Waals surface area contributed by atoms with Crippen molar-refractivity contribution in [2.45, 2.75) is 24.3 Å². The van der Waals surface area contributed by atoms with E-state index in [1.54, 1.807) is 25.1 Å². The van der Waals surface area contributed by atoms with Gasteiger partial charge in [0, 0.05) is 28.9 Å². The van der Waals surface area contributed by atoms with E-state index in [1.807, 2.05) is 0 Å². The van der Waals surface area contributed by atoms with Crippen LogP contribution in [0.15, 0.2) is 47.4 Å². The Hall–Kier alpha value is -1.64. The van der Waals surface area contributed by atoms with E-state index in [0.717, 1.165) is 0 Å². The van der Waals surface area contributed by atoms with Crippen LogP contribution in [0.3, 0.4) is 0 Å². The van der Waals surface area contributed by atoms with Gasteiger partial charge in [0.1, 0.15) is 0 Å². The smallest absolute Gasteiger partial charge is 0.240 e. The fourth-order valence-corrected chi connectivity index (χ4v) is 4.16.